The third-order valence-electron chi connectivity index (χ3n) is 4.78. The van der Waals surface area contributed by atoms with Crippen LogP contribution in [-0.4, -0.2) is 31.6 Å². The molecular formula is C19H20ClN5. The number of benzene rings is 1. The lowest BCUT2D eigenvalue weighted by Gasteiger charge is -2.28. The van der Waals surface area contributed by atoms with Gasteiger partial charge in [0.1, 0.15) is 0 Å². The highest BCUT2D eigenvalue weighted by atomic mass is 35.5. The summed E-state index contributed by atoms with van der Waals surface area (Å²) in [7, 11) is 0. The third kappa shape index (κ3) is 3.30. The van der Waals surface area contributed by atoms with Crippen LogP contribution in [0, 0.1) is 13.8 Å². The molecule has 0 atom stereocenters. The molecule has 3 aromatic rings. The lowest BCUT2D eigenvalue weighted by atomic mass is 10.1. The fourth-order valence-electron chi connectivity index (χ4n) is 3.28. The topological polar surface area (TPSA) is 57.7 Å². The molecule has 128 valence electrons. The molecule has 2 aromatic heterocycles. The van der Waals surface area contributed by atoms with E-state index in [9.17, 15) is 0 Å². The number of halogens is 1. The molecule has 5 nitrogen and oxygen atoms in total. The maximum Gasteiger partial charge on any atom is 0.159 e. The summed E-state index contributed by atoms with van der Waals surface area (Å²) in [5.74, 6) is 0.769. The van der Waals surface area contributed by atoms with E-state index in [0.717, 1.165) is 59.5 Å². The molecule has 0 unspecified atom stereocenters. The second-order valence-corrected chi connectivity index (χ2v) is 6.98. The van der Waals surface area contributed by atoms with Gasteiger partial charge in [-0.2, -0.15) is 5.10 Å². The molecule has 3 heterocycles. The molecule has 4 rings (SSSR count). The Morgan fingerprint density at radius 2 is 2.00 bits per heavy atom. The highest BCUT2D eigenvalue weighted by molar-refractivity contribution is 6.30. The number of nitrogens with zero attached hydrogens (tertiary/aromatic N) is 4. The predicted molar refractivity (Wildman–Crippen MR) is 98.4 cm³/mol. The Morgan fingerprint density at radius 1 is 1.20 bits per heavy atom. The van der Waals surface area contributed by atoms with Crippen molar-refractivity contribution in [1.29, 1.82) is 0 Å². The first-order chi connectivity index (χ1) is 12.1. The number of nitrogens with one attached hydrogen (secondary N) is 1. The molecule has 1 N–H and O–H groups in total. The second-order valence-electron chi connectivity index (χ2n) is 6.55. The van der Waals surface area contributed by atoms with Gasteiger partial charge < -0.3 is 0 Å². The quantitative estimate of drug-likeness (QED) is 0.780. The van der Waals surface area contributed by atoms with E-state index in [1.165, 1.54) is 11.1 Å². The predicted octanol–water partition coefficient (Wildman–Crippen LogP) is 3.70. The van der Waals surface area contributed by atoms with E-state index >= 15 is 0 Å². The lowest BCUT2D eigenvalue weighted by molar-refractivity contribution is 0.242. The molecule has 1 aliphatic rings. The molecule has 25 heavy (non-hydrogen) atoms. The number of aryl methyl sites for hydroxylation is 2. The summed E-state index contributed by atoms with van der Waals surface area (Å²) in [6, 6.07) is 7.67. The Hall–Kier alpha value is -2.24. The van der Waals surface area contributed by atoms with Gasteiger partial charge >= 0.3 is 0 Å². The van der Waals surface area contributed by atoms with Crippen molar-refractivity contribution in [3.05, 3.63) is 63.7 Å². The van der Waals surface area contributed by atoms with Crippen LogP contribution in [0.3, 0.4) is 0 Å². The number of aromatic nitrogens is 4. The molecule has 0 aliphatic carbocycles. The largest absolute Gasteiger partial charge is 0.294 e. The Morgan fingerprint density at radius 3 is 2.72 bits per heavy atom. The van der Waals surface area contributed by atoms with Crippen LogP contribution in [0.2, 0.25) is 5.02 Å². The number of aromatic amines is 1. The Bertz CT molecular complexity index is 881. The van der Waals surface area contributed by atoms with Gasteiger partial charge in [-0.25, -0.2) is 9.97 Å². The number of rotatable bonds is 3. The standard InChI is InChI=1S/C19H20ClN5/c1-12-17(13(2)24-23-12)11-25-8-7-18-15(10-25)9-21-19(22-18)14-3-5-16(20)6-4-14/h3-6,9H,7-8,10-11H2,1-2H3,(H,23,24). The van der Waals surface area contributed by atoms with Crippen molar-refractivity contribution in [3.63, 3.8) is 0 Å². The van der Waals surface area contributed by atoms with Crippen molar-refractivity contribution in [2.75, 3.05) is 6.54 Å². The minimum absolute atomic E-state index is 0.724. The average Bonchev–Trinajstić information content (AvgIpc) is 2.94. The van der Waals surface area contributed by atoms with Gasteiger partial charge in [0.05, 0.1) is 11.4 Å². The molecule has 0 radical (unpaired) electrons. The Labute approximate surface area is 152 Å². The van der Waals surface area contributed by atoms with Crippen LogP contribution in [-0.2, 0) is 19.5 Å². The second kappa shape index (κ2) is 6.58. The van der Waals surface area contributed by atoms with E-state index in [1.807, 2.05) is 30.5 Å². The van der Waals surface area contributed by atoms with Crippen LogP contribution in [0.5, 0.6) is 0 Å². The van der Waals surface area contributed by atoms with Crippen molar-refractivity contribution >= 4 is 11.6 Å². The average molecular weight is 354 g/mol. The molecule has 1 aliphatic heterocycles. The maximum atomic E-state index is 5.96. The molecule has 0 fully saturated rings. The summed E-state index contributed by atoms with van der Waals surface area (Å²) in [6.07, 6.45) is 2.90. The van der Waals surface area contributed by atoms with Gasteiger partial charge in [-0.3, -0.25) is 10.00 Å². The van der Waals surface area contributed by atoms with Crippen LogP contribution in [0.15, 0.2) is 30.5 Å². The highest BCUT2D eigenvalue weighted by Crippen LogP contribution is 2.24. The number of hydrogen-bond donors (Lipinski definition) is 1. The fraction of sp³-hybridized carbons (Fsp3) is 0.316. The van der Waals surface area contributed by atoms with Crippen LogP contribution in [0.1, 0.15) is 28.2 Å². The van der Waals surface area contributed by atoms with Crippen LogP contribution in [0.25, 0.3) is 11.4 Å². The number of H-pyrrole nitrogens is 1. The van der Waals surface area contributed by atoms with E-state index in [4.69, 9.17) is 16.6 Å². The van der Waals surface area contributed by atoms with Crippen LogP contribution < -0.4 is 0 Å². The minimum Gasteiger partial charge on any atom is -0.294 e. The molecule has 0 saturated carbocycles. The summed E-state index contributed by atoms with van der Waals surface area (Å²) in [4.78, 5) is 11.8. The molecule has 0 amide bonds. The van der Waals surface area contributed by atoms with E-state index in [2.05, 4.69) is 33.9 Å². The summed E-state index contributed by atoms with van der Waals surface area (Å²) in [5.41, 5.74) is 6.89. The molecule has 1 aromatic carbocycles. The molecular weight excluding hydrogens is 334 g/mol. The van der Waals surface area contributed by atoms with Crippen molar-refractivity contribution in [3.8, 4) is 11.4 Å². The SMILES string of the molecule is Cc1n[nH]c(C)c1CN1CCc2nc(-c3ccc(Cl)cc3)ncc2C1. The fourth-order valence-corrected chi connectivity index (χ4v) is 3.40. The first kappa shape index (κ1) is 16.2. The summed E-state index contributed by atoms with van der Waals surface area (Å²) in [6.45, 7) is 6.91. The van der Waals surface area contributed by atoms with Crippen molar-refractivity contribution in [2.45, 2.75) is 33.4 Å². The van der Waals surface area contributed by atoms with Crippen molar-refractivity contribution in [1.82, 2.24) is 25.1 Å². The summed E-state index contributed by atoms with van der Waals surface area (Å²) < 4.78 is 0. The van der Waals surface area contributed by atoms with Crippen LogP contribution in [0.4, 0.5) is 0 Å². The lowest BCUT2D eigenvalue weighted by Crippen LogP contribution is -2.31. The zero-order valence-corrected chi connectivity index (χ0v) is 15.1. The molecule has 0 spiro atoms. The summed E-state index contributed by atoms with van der Waals surface area (Å²) >= 11 is 5.96. The van der Waals surface area contributed by atoms with E-state index in [1.54, 1.807) is 0 Å². The molecule has 0 saturated heterocycles. The van der Waals surface area contributed by atoms with Gasteiger partial charge in [0, 0.05) is 59.7 Å². The molecule has 6 heteroatoms. The van der Waals surface area contributed by atoms with Gasteiger partial charge in [0.15, 0.2) is 5.82 Å². The molecule has 0 bridgehead atoms. The van der Waals surface area contributed by atoms with E-state index < -0.39 is 0 Å². The van der Waals surface area contributed by atoms with E-state index in [-0.39, 0.29) is 0 Å². The Balaban J connectivity index is 1.53. The van der Waals surface area contributed by atoms with Gasteiger partial charge in [0.2, 0.25) is 0 Å². The monoisotopic (exact) mass is 353 g/mol. The smallest absolute Gasteiger partial charge is 0.159 e. The highest BCUT2D eigenvalue weighted by Gasteiger charge is 2.20. The van der Waals surface area contributed by atoms with Crippen molar-refractivity contribution in [2.24, 2.45) is 0 Å². The summed E-state index contributed by atoms with van der Waals surface area (Å²) in [5, 5.41) is 8.08. The number of hydrogen-bond acceptors (Lipinski definition) is 4. The first-order valence-electron chi connectivity index (χ1n) is 8.43. The first-order valence-corrected chi connectivity index (χ1v) is 8.81. The van der Waals surface area contributed by atoms with Gasteiger partial charge in [0.25, 0.3) is 0 Å². The Kier molecular flexibility index (Phi) is 4.27. The zero-order valence-electron chi connectivity index (χ0n) is 14.4. The van der Waals surface area contributed by atoms with Gasteiger partial charge in [-0.1, -0.05) is 11.6 Å². The van der Waals surface area contributed by atoms with Crippen LogP contribution >= 0.6 is 11.6 Å². The zero-order chi connectivity index (χ0) is 17.4. The minimum atomic E-state index is 0.724. The van der Waals surface area contributed by atoms with Gasteiger partial charge in [-0.05, 0) is 38.1 Å². The number of fused-ring (bicyclic) bond motifs is 1. The maximum absolute atomic E-state index is 5.96. The van der Waals surface area contributed by atoms with E-state index in [0.29, 0.717) is 0 Å². The van der Waals surface area contributed by atoms with Gasteiger partial charge in [-0.15, -0.1) is 0 Å². The third-order valence-corrected chi connectivity index (χ3v) is 5.03. The van der Waals surface area contributed by atoms with Crippen molar-refractivity contribution < 1.29 is 0 Å². The normalized spacial score (nSPS) is 14.5.